The molecule has 0 saturated carbocycles. The van der Waals surface area contributed by atoms with Gasteiger partial charge >= 0.3 is 0 Å². The lowest BCUT2D eigenvalue weighted by Gasteiger charge is -2.14. The maximum absolute atomic E-state index is 12.5. The third-order valence-corrected chi connectivity index (χ3v) is 4.26. The predicted molar refractivity (Wildman–Crippen MR) is 111 cm³/mol. The Kier molecular flexibility index (Phi) is 4.94. The normalized spacial score (nSPS) is 12.2. The van der Waals surface area contributed by atoms with Gasteiger partial charge in [0.25, 0.3) is 5.91 Å². The van der Waals surface area contributed by atoms with Crippen molar-refractivity contribution in [2.45, 2.75) is 27.7 Å². The SMILES string of the molecule is C/C(=C\C(C)(C)C)c1ccc(C(=O)Nc2ccc3ccccc3c2)cc1. The summed E-state index contributed by atoms with van der Waals surface area (Å²) >= 11 is 0. The number of carbonyl (C=O) groups excluding carboxylic acids is 1. The average Bonchev–Trinajstić information content (AvgIpc) is 2.60. The van der Waals surface area contributed by atoms with Crippen molar-refractivity contribution in [2.24, 2.45) is 5.41 Å². The second kappa shape index (κ2) is 7.17. The molecular formula is C24H25NO. The van der Waals surface area contributed by atoms with Crippen molar-refractivity contribution in [2.75, 3.05) is 5.32 Å². The van der Waals surface area contributed by atoms with Crippen LogP contribution in [0.1, 0.15) is 43.6 Å². The summed E-state index contributed by atoms with van der Waals surface area (Å²) in [5.41, 5.74) is 3.96. The molecule has 0 bridgehead atoms. The molecule has 0 unspecified atom stereocenters. The lowest BCUT2D eigenvalue weighted by molar-refractivity contribution is 0.102. The summed E-state index contributed by atoms with van der Waals surface area (Å²) in [5, 5.41) is 5.26. The molecule has 1 amide bonds. The van der Waals surface area contributed by atoms with Gasteiger partial charge in [0.05, 0.1) is 0 Å². The topological polar surface area (TPSA) is 29.1 Å². The van der Waals surface area contributed by atoms with Crippen LogP contribution in [-0.4, -0.2) is 5.91 Å². The van der Waals surface area contributed by atoms with Gasteiger partial charge in [0.2, 0.25) is 0 Å². The standard InChI is InChI=1S/C24H25NO/c1-17(16-24(2,3)4)18-9-11-20(12-10-18)23(26)25-22-14-13-19-7-5-6-8-21(19)15-22/h5-16H,1-4H3,(H,25,26)/b17-16+. The Morgan fingerprint density at radius 2 is 1.46 bits per heavy atom. The van der Waals surface area contributed by atoms with Crippen LogP contribution in [0.25, 0.3) is 16.3 Å². The minimum atomic E-state index is -0.0933. The highest BCUT2D eigenvalue weighted by Gasteiger charge is 2.09. The highest BCUT2D eigenvalue weighted by atomic mass is 16.1. The predicted octanol–water partition coefficient (Wildman–Crippen LogP) is 6.54. The van der Waals surface area contributed by atoms with Crippen LogP contribution in [0.2, 0.25) is 0 Å². The van der Waals surface area contributed by atoms with Crippen molar-refractivity contribution in [1.29, 1.82) is 0 Å². The largest absolute Gasteiger partial charge is 0.322 e. The van der Waals surface area contributed by atoms with Crippen molar-refractivity contribution in [3.05, 3.63) is 83.9 Å². The zero-order valence-corrected chi connectivity index (χ0v) is 15.8. The second-order valence-corrected chi connectivity index (χ2v) is 7.79. The second-order valence-electron chi connectivity index (χ2n) is 7.79. The number of amides is 1. The number of rotatable bonds is 3. The van der Waals surface area contributed by atoms with Crippen LogP contribution in [-0.2, 0) is 0 Å². The molecule has 0 atom stereocenters. The maximum atomic E-state index is 12.5. The monoisotopic (exact) mass is 343 g/mol. The van der Waals surface area contributed by atoms with E-state index in [9.17, 15) is 4.79 Å². The molecule has 0 aliphatic carbocycles. The van der Waals surface area contributed by atoms with Crippen LogP contribution in [0.4, 0.5) is 5.69 Å². The highest BCUT2D eigenvalue weighted by molar-refractivity contribution is 6.05. The fraction of sp³-hybridized carbons (Fsp3) is 0.208. The molecule has 0 aliphatic heterocycles. The number of benzene rings is 3. The van der Waals surface area contributed by atoms with E-state index in [-0.39, 0.29) is 11.3 Å². The van der Waals surface area contributed by atoms with Gasteiger partial charge in [0, 0.05) is 11.3 Å². The summed E-state index contributed by atoms with van der Waals surface area (Å²) in [7, 11) is 0. The van der Waals surface area contributed by atoms with E-state index < -0.39 is 0 Å². The minimum absolute atomic E-state index is 0.0933. The first kappa shape index (κ1) is 17.9. The molecular weight excluding hydrogens is 318 g/mol. The Hall–Kier alpha value is -2.87. The lowest BCUT2D eigenvalue weighted by Crippen LogP contribution is -2.11. The maximum Gasteiger partial charge on any atom is 0.255 e. The summed E-state index contributed by atoms with van der Waals surface area (Å²) in [5.74, 6) is -0.0933. The molecule has 2 nitrogen and oxygen atoms in total. The number of fused-ring (bicyclic) bond motifs is 1. The van der Waals surface area contributed by atoms with Crippen LogP contribution in [0.3, 0.4) is 0 Å². The smallest absolute Gasteiger partial charge is 0.255 e. The van der Waals surface area contributed by atoms with E-state index in [0.717, 1.165) is 22.0 Å². The molecule has 0 fully saturated rings. The molecule has 0 heterocycles. The van der Waals surface area contributed by atoms with Gasteiger partial charge in [-0.15, -0.1) is 0 Å². The Labute approximate surface area is 155 Å². The van der Waals surface area contributed by atoms with Crippen LogP contribution in [0.15, 0.2) is 72.8 Å². The Balaban J connectivity index is 1.76. The quantitative estimate of drug-likeness (QED) is 0.574. The molecule has 3 rings (SSSR count). The molecule has 2 heteroatoms. The molecule has 3 aromatic rings. The first-order valence-corrected chi connectivity index (χ1v) is 8.92. The molecule has 0 aromatic heterocycles. The van der Waals surface area contributed by atoms with Crippen LogP contribution in [0.5, 0.6) is 0 Å². The van der Waals surface area contributed by atoms with Crippen molar-refractivity contribution >= 4 is 27.9 Å². The van der Waals surface area contributed by atoms with Crippen LogP contribution in [0, 0.1) is 5.41 Å². The van der Waals surface area contributed by atoms with Crippen LogP contribution >= 0.6 is 0 Å². The van der Waals surface area contributed by atoms with Crippen molar-refractivity contribution < 1.29 is 4.79 Å². The van der Waals surface area contributed by atoms with Gasteiger partial charge in [-0.3, -0.25) is 4.79 Å². The third-order valence-electron chi connectivity index (χ3n) is 4.26. The van der Waals surface area contributed by atoms with E-state index in [2.05, 4.69) is 45.2 Å². The first-order chi connectivity index (χ1) is 12.3. The van der Waals surface area contributed by atoms with E-state index >= 15 is 0 Å². The fourth-order valence-electron chi connectivity index (χ4n) is 3.09. The number of hydrogen-bond acceptors (Lipinski definition) is 1. The lowest BCUT2D eigenvalue weighted by atomic mass is 9.91. The highest BCUT2D eigenvalue weighted by Crippen LogP contribution is 2.24. The van der Waals surface area contributed by atoms with E-state index in [1.165, 1.54) is 5.57 Å². The molecule has 0 aliphatic rings. The Morgan fingerprint density at radius 1 is 0.846 bits per heavy atom. The number of hydrogen-bond donors (Lipinski definition) is 1. The van der Waals surface area contributed by atoms with Gasteiger partial charge < -0.3 is 5.32 Å². The number of allylic oxidation sites excluding steroid dienone is 2. The molecule has 1 N–H and O–H groups in total. The van der Waals surface area contributed by atoms with Gasteiger partial charge in [-0.25, -0.2) is 0 Å². The van der Waals surface area contributed by atoms with Crippen LogP contribution < -0.4 is 5.32 Å². The van der Waals surface area contributed by atoms with Gasteiger partial charge in [-0.05, 0) is 58.5 Å². The molecule has 0 spiro atoms. The zero-order chi connectivity index (χ0) is 18.7. The van der Waals surface area contributed by atoms with Gasteiger partial charge in [0.15, 0.2) is 0 Å². The number of anilines is 1. The molecule has 3 aromatic carbocycles. The van der Waals surface area contributed by atoms with Gasteiger partial charge in [-0.1, -0.05) is 69.3 Å². The summed E-state index contributed by atoms with van der Waals surface area (Å²) in [6.45, 7) is 8.65. The zero-order valence-electron chi connectivity index (χ0n) is 15.8. The molecule has 26 heavy (non-hydrogen) atoms. The Morgan fingerprint density at radius 3 is 2.12 bits per heavy atom. The summed E-state index contributed by atoms with van der Waals surface area (Å²) in [6.07, 6.45) is 2.25. The Bertz CT molecular complexity index is 959. The van der Waals surface area contributed by atoms with E-state index in [1.807, 2.05) is 60.7 Å². The van der Waals surface area contributed by atoms with E-state index in [1.54, 1.807) is 0 Å². The summed E-state index contributed by atoms with van der Waals surface area (Å²) < 4.78 is 0. The van der Waals surface area contributed by atoms with Gasteiger partial charge in [0.1, 0.15) is 0 Å². The van der Waals surface area contributed by atoms with E-state index in [4.69, 9.17) is 0 Å². The number of nitrogens with one attached hydrogen (secondary N) is 1. The average molecular weight is 343 g/mol. The van der Waals surface area contributed by atoms with E-state index in [0.29, 0.717) is 5.56 Å². The first-order valence-electron chi connectivity index (χ1n) is 8.92. The number of carbonyl (C=O) groups is 1. The molecule has 132 valence electrons. The molecule has 0 saturated heterocycles. The van der Waals surface area contributed by atoms with Crippen molar-refractivity contribution in [1.82, 2.24) is 0 Å². The fourth-order valence-corrected chi connectivity index (χ4v) is 3.09. The minimum Gasteiger partial charge on any atom is -0.322 e. The summed E-state index contributed by atoms with van der Waals surface area (Å²) in [4.78, 5) is 12.5. The molecule has 0 radical (unpaired) electrons. The summed E-state index contributed by atoms with van der Waals surface area (Å²) in [6, 6.07) is 21.9. The van der Waals surface area contributed by atoms with Gasteiger partial charge in [-0.2, -0.15) is 0 Å². The van der Waals surface area contributed by atoms with Crippen molar-refractivity contribution in [3.8, 4) is 0 Å². The third kappa shape index (κ3) is 4.40. The van der Waals surface area contributed by atoms with Crippen molar-refractivity contribution in [3.63, 3.8) is 0 Å².